The summed E-state index contributed by atoms with van der Waals surface area (Å²) < 4.78 is 0. The van der Waals surface area contributed by atoms with E-state index in [1.165, 1.54) is 19.3 Å². The van der Waals surface area contributed by atoms with Crippen LogP contribution in [-0.4, -0.2) is 23.4 Å². The quantitative estimate of drug-likeness (QED) is 0.673. The maximum atomic E-state index is 9.55. The van der Waals surface area contributed by atoms with Gasteiger partial charge in [0.15, 0.2) is 0 Å². The Hall–Kier alpha value is -0.0800. The number of aliphatic hydroxyl groups is 2. The van der Waals surface area contributed by atoms with Gasteiger partial charge in [-0.05, 0) is 43.9 Å². The van der Waals surface area contributed by atoms with Crippen LogP contribution in [-0.2, 0) is 0 Å². The zero-order valence-corrected chi connectivity index (χ0v) is 8.00. The van der Waals surface area contributed by atoms with Gasteiger partial charge in [-0.2, -0.15) is 0 Å². The Labute approximate surface area is 79.0 Å². The third-order valence-electron chi connectivity index (χ3n) is 5.57. The van der Waals surface area contributed by atoms with E-state index in [1.54, 1.807) is 0 Å². The molecule has 0 heterocycles. The molecule has 0 aromatic rings. The van der Waals surface area contributed by atoms with Gasteiger partial charge in [0.25, 0.3) is 0 Å². The lowest BCUT2D eigenvalue weighted by atomic mass is 9.44. The maximum Gasteiger partial charge on any atom is 0.0496 e. The molecule has 13 heavy (non-hydrogen) atoms. The molecule has 74 valence electrons. The van der Waals surface area contributed by atoms with E-state index in [-0.39, 0.29) is 10.8 Å². The number of rotatable bonds is 2. The first-order valence-corrected chi connectivity index (χ1v) is 5.51. The average Bonchev–Trinajstić information content (AvgIpc) is 2.61. The van der Waals surface area contributed by atoms with Gasteiger partial charge >= 0.3 is 0 Å². The zero-order valence-electron chi connectivity index (χ0n) is 8.00. The van der Waals surface area contributed by atoms with Gasteiger partial charge in [0, 0.05) is 24.0 Å². The van der Waals surface area contributed by atoms with Crippen LogP contribution in [0.2, 0.25) is 0 Å². The fourth-order valence-corrected chi connectivity index (χ4v) is 4.71. The number of fused-ring (bicyclic) bond motifs is 5. The predicted molar refractivity (Wildman–Crippen MR) is 49.1 cm³/mol. The molecule has 0 aliphatic heterocycles. The SMILES string of the molecule is OCC12CCC1(CO)C1CCC2C1. The topological polar surface area (TPSA) is 40.5 Å². The Bertz CT molecular complexity index is 208. The summed E-state index contributed by atoms with van der Waals surface area (Å²) in [4.78, 5) is 0. The molecule has 2 heteroatoms. The summed E-state index contributed by atoms with van der Waals surface area (Å²) in [5, 5.41) is 19.1. The molecule has 3 aliphatic carbocycles. The van der Waals surface area contributed by atoms with Gasteiger partial charge in [-0.15, -0.1) is 0 Å². The lowest BCUT2D eigenvalue weighted by molar-refractivity contribution is -0.175. The van der Waals surface area contributed by atoms with Crippen molar-refractivity contribution in [3.63, 3.8) is 0 Å². The Morgan fingerprint density at radius 1 is 0.923 bits per heavy atom. The van der Waals surface area contributed by atoms with Crippen LogP contribution >= 0.6 is 0 Å². The molecule has 3 rings (SSSR count). The van der Waals surface area contributed by atoms with Crippen molar-refractivity contribution in [2.75, 3.05) is 13.2 Å². The summed E-state index contributed by atoms with van der Waals surface area (Å²) in [6.45, 7) is 0.628. The van der Waals surface area contributed by atoms with Crippen LogP contribution in [0, 0.1) is 22.7 Å². The highest BCUT2D eigenvalue weighted by molar-refractivity contribution is 5.19. The molecule has 4 unspecified atom stereocenters. The maximum absolute atomic E-state index is 9.55. The third-order valence-corrected chi connectivity index (χ3v) is 5.57. The fourth-order valence-electron chi connectivity index (χ4n) is 4.71. The molecule has 3 saturated carbocycles. The summed E-state index contributed by atoms with van der Waals surface area (Å²) in [7, 11) is 0. The molecule has 2 N–H and O–H groups in total. The first-order valence-electron chi connectivity index (χ1n) is 5.51. The highest BCUT2D eigenvalue weighted by atomic mass is 16.3. The van der Waals surface area contributed by atoms with Crippen molar-refractivity contribution < 1.29 is 10.2 Å². The van der Waals surface area contributed by atoms with Crippen LogP contribution in [0.4, 0.5) is 0 Å². The van der Waals surface area contributed by atoms with E-state index in [1.807, 2.05) is 0 Å². The summed E-state index contributed by atoms with van der Waals surface area (Å²) in [5.41, 5.74) is 0.287. The summed E-state index contributed by atoms with van der Waals surface area (Å²) >= 11 is 0. The van der Waals surface area contributed by atoms with Crippen molar-refractivity contribution in [3.05, 3.63) is 0 Å². The lowest BCUT2D eigenvalue weighted by Crippen LogP contribution is -2.59. The summed E-state index contributed by atoms with van der Waals surface area (Å²) in [5.74, 6) is 1.45. The Kier molecular flexibility index (Phi) is 1.45. The minimum Gasteiger partial charge on any atom is -0.396 e. The summed E-state index contributed by atoms with van der Waals surface area (Å²) in [6, 6.07) is 0. The van der Waals surface area contributed by atoms with E-state index in [0.717, 1.165) is 24.7 Å². The molecule has 2 bridgehead atoms. The predicted octanol–water partition coefficient (Wildman–Crippen LogP) is 1.17. The zero-order chi connectivity index (χ0) is 9.10. The second kappa shape index (κ2) is 2.29. The van der Waals surface area contributed by atoms with E-state index in [2.05, 4.69) is 0 Å². The third kappa shape index (κ3) is 0.637. The van der Waals surface area contributed by atoms with Crippen molar-refractivity contribution in [2.24, 2.45) is 22.7 Å². The lowest BCUT2D eigenvalue weighted by Gasteiger charge is -2.61. The molecule has 2 nitrogen and oxygen atoms in total. The second-order valence-electron chi connectivity index (χ2n) is 5.34. The largest absolute Gasteiger partial charge is 0.396 e. The van der Waals surface area contributed by atoms with E-state index >= 15 is 0 Å². The highest BCUT2D eigenvalue weighted by Crippen LogP contribution is 2.75. The normalized spacial score (nSPS) is 57.7. The molecule has 4 atom stereocenters. The molecule has 0 radical (unpaired) electrons. The monoisotopic (exact) mass is 182 g/mol. The summed E-state index contributed by atoms with van der Waals surface area (Å²) in [6.07, 6.45) is 6.19. The van der Waals surface area contributed by atoms with Crippen LogP contribution < -0.4 is 0 Å². The van der Waals surface area contributed by atoms with Gasteiger partial charge in [-0.3, -0.25) is 0 Å². The Morgan fingerprint density at radius 3 is 1.69 bits per heavy atom. The molecular weight excluding hydrogens is 164 g/mol. The van der Waals surface area contributed by atoms with Crippen LogP contribution in [0.3, 0.4) is 0 Å². The van der Waals surface area contributed by atoms with Gasteiger partial charge < -0.3 is 10.2 Å². The van der Waals surface area contributed by atoms with Crippen molar-refractivity contribution in [2.45, 2.75) is 32.1 Å². The molecule has 0 saturated heterocycles. The average molecular weight is 182 g/mol. The first kappa shape index (κ1) is 8.25. The van der Waals surface area contributed by atoms with Crippen LogP contribution in [0.1, 0.15) is 32.1 Å². The van der Waals surface area contributed by atoms with Gasteiger partial charge in [0.2, 0.25) is 0 Å². The fraction of sp³-hybridized carbons (Fsp3) is 1.00. The van der Waals surface area contributed by atoms with Crippen molar-refractivity contribution >= 4 is 0 Å². The Balaban J connectivity index is 2.02. The van der Waals surface area contributed by atoms with Crippen LogP contribution in [0.25, 0.3) is 0 Å². The van der Waals surface area contributed by atoms with E-state index in [0.29, 0.717) is 13.2 Å². The standard InChI is InChI=1S/C11H18O2/c12-6-10-3-4-11(10,7-13)9-2-1-8(10)5-9/h8-9,12-13H,1-7H2. The minimum atomic E-state index is 0.144. The van der Waals surface area contributed by atoms with Crippen molar-refractivity contribution in [1.29, 1.82) is 0 Å². The van der Waals surface area contributed by atoms with Gasteiger partial charge in [0.1, 0.15) is 0 Å². The smallest absolute Gasteiger partial charge is 0.0496 e. The number of aliphatic hydroxyl groups excluding tert-OH is 2. The van der Waals surface area contributed by atoms with Crippen molar-refractivity contribution in [1.82, 2.24) is 0 Å². The minimum absolute atomic E-state index is 0.144. The molecule has 3 aliphatic rings. The molecule has 0 aromatic carbocycles. The van der Waals surface area contributed by atoms with Gasteiger partial charge in [0.05, 0.1) is 0 Å². The first-order chi connectivity index (χ1) is 6.29. The molecule has 0 aromatic heterocycles. The van der Waals surface area contributed by atoms with Gasteiger partial charge in [-0.1, -0.05) is 0 Å². The molecule has 0 amide bonds. The second-order valence-corrected chi connectivity index (χ2v) is 5.34. The molecule has 3 fully saturated rings. The van der Waals surface area contributed by atoms with E-state index < -0.39 is 0 Å². The number of hydrogen-bond acceptors (Lipinski definition) is 2. The molecular formula is C11H18O2. The Morgan fingerprint density at radius 2 is 1.38 bits per heavy atom. The van der Waals surface area contributed by atoms with Crippen molar-refractivity contribution in [3.8, 4) is 0 Å². The van der Waals surface area contributed by atoms with Gasteiger partial charge in [-0.25, -0.2) is 0 Å². The van der Waals surface area contributed by atoms with Crippen LogP contribution in [0.5, 0.6) is 0 Å². The highest BCUT2D eigenvalue weighted by Gasteiger charge is 2.71. The van der Waals surface area contributed by atoms with Crippen LogP contribution in [0.15, 0.2) is 0 Å². The van der Waals surface area contributed by atoms with E-state index in [9.17, 15) is 10.2 Å². The molecule has 0 spiro atoms. The number of hydrogen-bond donors (Lipinski definition) is 2. The van der Waals surface area contributed by atoms with E-state index in [4.69, 9.17) is 0 Å².